The van der Waals surface area contributed by atoms with Crippen molar-refractivity contribution in [2.24, 2.45) is 5.92 Å². The van der Waals surface area contributed by atoms with Crippen molar-refractivity contribution in [1.29, 1.82) is 0 Å². The highest BCUT2D eigenvalue weighted by Gasteiger charge is 2.32. The van der Waals surface area contributed by atoms with Gasteiger partial charge in [-0.05, 0) is 62.3 Å². The Bertz CT molecular complexity index is 439. The molecule has 0 amide bonds. The third-order valence-corrected chi connectivity index (χ3v) is 5.08. The molecule has 1 aromatic rings. The Hall–Kier alpha value is -1.02. The Morgan fingerprint density at radius 2 is 1.95 bits per heavy atom. The maximum Gasteiger partial charge on any atom is 0.0343 e. The molecule has 2 fully saturated rings. The highest BCUT2D eigenvalue weighted by molar-refractivity contribution is 5.47. The Balaban J connectivity index is 1.72. The van der Waals surface area contributed by atoms with Crippen LogP contribution >= 0.6 is 0 Å². The smallest absolute Gasteiger partial charge is 0.0343 e. The molecule has 1 heterocycles. The Kier molecular flexibility index (Phi) is 3.79. The van der Waals surface area contributed by atoms with Gasteiger partial charge in [-0.25, -0.2) is 0 Å². The number of nitrogen functional groups attached to an aromatic ring is 1. The predicted molar refractivity (Wildman–Crippen MR) is 81.0 cm³/mol. The molecule has 1 saturated heterocycles. The van der Waals surface area contributed by atoms with Crippen LogP contribution in [0.25, 0.3) is 0 Å². The van der Waals surface area contributed by atoms with E-state index in [-0.39, 0.29) is 0 Å². The van der Waals surface area contributed by atoms with Crippen molar-refractivity contribution in [2.45, 2.75) is 58.0 Å². The minimum atomic E-state index is 0.848. The minimum absolute atomic E-state index is 0.848. The minimum Gasteiger partial charge on any atom is -0.399 e. The lowest BCUT2D eigenvalue weighted by Gasteiger charge is -2.44. The molecule has 1 aliphatic carbocycles. The Morgan fingerprint density at radius 3 is 2.79 bits per heavy atom. The number of fused-ring (bicyclic) bond motifs is 1. The zero-order valence-electron chi connectivity index (χ0n) is 12.1. The highest BCUT2D eigenvalue weighted by Crippen LogP contribution is 2.36. The average molecular weight is 258 g/mol. The monoisotopic (exact) mass is 258 g/mol. The number of benzene rings is 1. The molecular formula is C17H26N2. The fourth-order valence-corrected chi connectivity index (χ4v) is 3.99. The maximum atomic E-state index is 5.91. The molecule has 1 aliphatic heterocycles. The predicted octanol–water partition coefficient (Wildman–Crippen LogP) is 3.73. The van der Waals surface area contributed by atoms with Gasteiger partial charge < -0.3 is 5.73 Å². The molecule has 0 bridgehead atoms. The normalized spacial score (nSPS) is 28.1. The molecule has 2 aliphatic rings. The van der Waals surface area contributed by atoms with E-state index in [4.69, 9.17) is 5.73 Å². The topological polar surface area (TPSA) is 29.3 Å². The largest absolute Gasteiger partial charge is 0.399 e. The van der Waals surface area contributed by atoms with E-state index in [1.807, 2.05) is 0 Å². The molecule has 104 valence electrons. The molecule has 3 rings (SSSR count). The van der Waals surface area contributed by atoms with Gasteiger partial charge in [0.25, 0.3) is 0 Å². The summed E-state index contributed by atoms with van der Waals surface area (Å²) in [5, 5.41) is 0. The van der Waals surface area contributed by atoms with Gasteiger partial charge in [-0.15, -0.1) is 0 Å². The van der Waals surface area contributed by atoms with Crippen LogP contribution in [0.4, 0.5) is 5.69 Å². The SMILES string of the molecule is Cc1cc(CN2CCC[C@H]3CCCC[C@H]32)ccc1N. The number of anilines is 1. The van der Waals surface area contributed by atoms with Crippen LogP contribution in [0.15, 0.2) is 18.2 Å². The van der Waals surface area contributed by atoms with Crippen LogP contribution in [0.2, 0.25) is 0 Å². The molecule has 0 radical (unpaired) electrons. The van der Waals surface area contributed by atoms with Crippen molar-refractivity contribution in [3.8, 4) is 0 Å². The maximum absolute atomic E-state index is 5.91. The number of hydrogen-bond acceptors (Lipinski definition) is 2. The van der Waals surface area contributed by atoms with Crippen molar-refractivity contribution < 1.29 is 0 Å². The Morgan fingerprint density at radius 1 is 1.16 bits per heavy atom. The van der Waals surface area contributed by atoms with E-state index in [0.29, 0.717) is 0 Å². The fourth-order valence-electron chi connectivity index (χ4n) is 3.99. The molecule has 0 aromatic heterocycles. The van der Waals surface area contributed by atoms with E-state index in [1.54, 1.807) is 0 Å². The first-order valence-corrected chi connectivity index (χ1v) is 7.83. The quantitative estimate of drug-likeness (QED) is 0.819. The van der Waals surface area contributed by atoms with E-state index in [1.165, 1.54) is 56.2 Å². The summed E-state index contributed by atoms with van der Waals surface area (Å²) < 4.78 is 0. The van der Waals surface area contributed by atoms with Crippen molar-refractivity contribution in [3.05, 3.63) is 29.3 Å². The van der Waals surface area contributed by atoms with Crippen LogP contribution in [-0.2, 0) is 6.54 Å². The van der Waals surface area contributed by atoms with E-state index >= 15 is 0 Å². The van der Waals surface area contributed by atoms with Gasteiger partial charge in [-0.2, -0.15) is 0 Å². The van der Waals surface area contributed by atoms with Gasteiger partial charge in [0.2, 0.25) is 0 Å². The standard InChI is InChI=1S/C17H26N2/c1-13-11-14(8-9-16(13)18)12-19-10-4-6-15-5-2-3-7-17(15)19/h8-9,11,15,17H,2-7,10,12,18H2,1H3/t15-,17-/m1/s1. The summed E-state index contributed by atoms with van der Waals surface area (Å²) in [4.78, 5) is 2.73. The van der Waals surface area contributed by atoms with Crippen LogP contribution in [0.3, 0.4) is 0 Å². The van der Waals surface area contributed by atoms with Gasteiger partial charge in [0.1, 0.15) is 0 Å². The number of aryl methyl sites for hydroxylation is 1. The van der Waals surface area contributed by atoms with Crippen molar-refractivity contribution in [1.82, 2.24) is 4.90 Å². The lowest BCUT2D eigenvalue weighted by atomic mass is 9.78. The lowest BCUT2D eigenvalue weighted by Crippen LogP contribution is -2.46. The number of nitrogens with zero attached hydrogens (tertiary/aromatic N) is 1. The lowest BCUT2D eigenvalue weighted by molar-refractivity contribution is 0.0547. The van der Waals surface area contributed by atoms with Crippen LogP contribution in [-0.4, -0.2) is 17.5 Å². The van der Waals surface area contributed by atoms with Crippen LogP contribution < -0.4 is 5.73 Å². The molecule has 1 saturated carbocycles. The molecule has 2 nitrogen and oxygen atoms in total. The summed E-state index contributed by atoms with van der Waals surface area (Å²) in [6.45, 7) is 4.51. The molecule has 1 aromatic carbocycles. The first-order valence-electron chi connectivity index (χ1n) is 7.83. The number of likely N-dealkylation sites (tertiary alicyclic amines) is 1. The number of piperidine rings is 1. The first-order chi connectivity index (χ1) is 9.24. The van der Waals surface area contributed by atoms with E-state index in [2.05, 4.69) is 30.0 Å². The third kappa shape index (κ3) is 2.79. The summed E-state index contributed by atoms with van der Waals surface area (Å²) in [5.41, 5.74) is 9.48. The molecule has 0 unspecified atom stereocenters. The summed E-state index contributed by atoms with van der Waals surface area (Å²) in [6, 6.07) is 7.38. The number of nitrogens with two attached hydrogens (primary N) is 1. The average Bonchev–Trinajstić information content (AvgIpc) is 2.43. The van der Waals surface area contributed by atoms with Gasteiger partial charge >= 0.3 is 0 Å². The van der Waals surface area contributed by atoms with Gasteiger partial charge in [0.05, 0.1) is 0 Å². The molecule has 19 heavy (non-hydrogen) atoms. The highest BCUT2D eigenvalue weighted by atomic mass is 15.2. The second kappa shape index (κ2) is 5.54. The second-order valence-electron chi connectivity index (χ2n) is 6.42. The fraction of sp³-hybridized carbons (Fsp3) is 0.647. The van der Waals surface area contributed by atoms with Crippen molar-refractivity contribution in [2.75, 3.05) is 12.3 Å². The van der Waals surface area contributed by atoms with Crippen LogP contribution in [0.1, 0.15) is 49.7 Å². The molecular weight excluding hydrogens is 232 g/mol. The van der Waals surface area contributed by atoms with E-state index < -0.39 is 0 Å². The molecule has 0 spiro atoms. The molecule has 2 N–H and O–H groups in total. The van der Waals surface area contributed by atoms with Crippen molar-refractivity contribution in [3.63, 3.8) is 0 Å². The second-order valence-corrected chi connectivity index (χ2v) is 6.42. The summed E-state index contributed by atoms with van der Waals surface area (Å²) in [6.07, 6.45) is 8.60. The first kappa shape index (κ1) is 13.0. The van der Waals surface area contributed by atoms with E-state index in [0.717, 1.165) is 24.2 Å². The van der Waals surface area contributed by atoms with Gasteiger partial charge in [-0.3, -0.25) is 4.90 Å². The van der Waals surface area contributed by atoms with Crippen LogP contribution in [0.5, 0.6) is 0 Å². The summed E-state index contributed by atoms with van der Waals surface area (Å²) in [7, 11) is 0. The Labute approximate surface area is 117 Å². The zero-order valence-corrected chi connectivity index (χ0v) is 12.1. The summed E-state index contributed by atoms with van der Waals surface area (Å²) >= 11 is 0. The number of rotatable bonds is 2. The molecule has 2 atom stereocenters. The zero-order chi connectivity index (χ0) is 13.2. The number of hydrogen-bond donors (Lipinski definition) is 1. The van der Waals surface area contributed by atoms with Crippen LogP contribution in [0, 0.1) is 12.8 Å². The van der Waals surface area contributed by atoms with Crippen molar-refractivity contribution >= 4 is 5.69 Å². The van der Waals surface area contributed by atoms with Gasteiger partial charge in [0.15, 0.2) is 0 Å². The van der Waals surface area contributed by atoms with E-state index in [9.17, 15) is 0 Å². The molecule has 2 heteroatoms. The van der Waals surface area contributed by atoms with Gasteiger partial charge in [-0.1, -0.05) is 25.0 Å². The van der Waals surface area contributed by atoms with Gasteiger partial charge in [0, 0.05) is 18.3 Å². The summed E-state index contributed by atoms with van der Waals surface area (Å²) in [5.74, 6) is 0.970. The third-order valence-electron chi connectivity index (χ3n) is 5.08.